The summed E-state index contributed by atoms with van der Waals surface area (Å²) in [6, 6.07) is 5.89. The normalized spacial score (nSPS) is 17.2. The molecular weight excluding hydrogens is 214 g/mol. The van der Waals surface area contributed by atoms with Crippen LogP contribution in [0, 0.1) is 0 Å². The first-order chi connectivity index (χ1) is 7.98. The van der Waals surface area contributed by atoms with Gasteiger partial charge in [-0.25, -0.2) is 0 Å². The summed E-state index contributed by atoms with van der Waals surface area (Å²) >= 11 is 0. The summed E-state index contributed by atoms with van der Waals surface area (Å²) in [5.41, 5.74) is 1.60. The van der Waals surface area contributed by atoms with E-state index in [9.17, 15) is 4.79 Å². The van der Waals surface area contributed by atoms with Crippen LogP contribution < -0.4 is 9.64 Å². The van der Waals surface area contributed by atoms with E-state index >= 15 is 0 Å². The number of carbonyl (C=O) groups excluding carboxylic acids is 1. The molecule has 0 atom stereocenters. The standard InChI is InChI=1S/C14H19NO2/c1-5-8-17-10-6-7-12-11(9-10)14(2,3)13(16)15(12)4/h6-7,9H,5,8H2,1-4H3. The largest absolute Gasteiger partial charge is 0.494 e. The Labute approximate surface area is 102 Å². The molecule has 0 fully saturated rings. The average molecular weight is 233 g/mol. The van der Waals surface area contributed by atoms with Crippen molar-refractivity contribution in [2.75, 3.05) is 18.6 Å². The second kappa shape index (κ2) is 4.06. The number of likely N-dealkylation sites (N-methyl/N-ethyl adjacent to an activating group) is 1. The molecule has 3 heteroatoms. The highest BCUT2D eigenvalue weighted by atomic mass is 16.5. The molecule has 0 spiro atoms. The van der Waals surface area contributed by atoms with E-state index in [0.717, 1.165) is 23.4 Å². The van der Waals surface area contributed by atoms with Crippen molar-refractivity contribution in [2.24, 2.45) is 0 Å². The summed E-state index contributed by atoms with van der Waals surface area (Å²) < 4.78 is 5.61. The zero-order valence-corrected chi connectivity index (χ0v) is 10.9. The molecule has 0 radical (unpaired) electrons. The van der Waals surface area contributed by atoms with Gasteiger partial charge in [-0.05, 0) is 44.0 Å². The molecule has 1 aromatic carbocycles. The van der Waals surface area contributed by atoms with Crippen molar-refractivity contribution in [3.63, 3.8) is 0 Å². The number of hydrogen-bond acceptors (Lipinski definition) is 2. The molecule has 0 N–H and O–H groups in total. The molecule has 17 heavy (non-hydrogen) atoms. The predicted molar refractivity (Wildman–Crippen MR) is 68.7 cm³/mol. The minimum Gasteiger partial charge on any atom is -0.494 e. The van der Waals surface area contributed by atoms with Crippen molar-refractivity contribution in [1.29, 1.82) is 0 Å². The van der Waals surface area contributed by atoms with Gasteiger partial charge >= 0.3 is 0 Å². The molecule has 0 aliphatic carbocycles. The zero-order valence-electron chi connectivity index (χ0n) is 10.9. The molecule has 1 aliphatic rings. The first-order valence-electron chi connectivity index (χ1n) is 6.04. The number of hydrogen-bond donors (Lipinski definition) is 0. The minimum absolute atomic E-state index is 0.139. The quantitative estimate of drug-likeness (QED) is 0.803. The molecule has 3 nitrogen and oxygen atoms in total. The highest BCUT2D eigenvalue weighted by Crippen LogP contribution is 2.42. The molecule has 0 aromatic heterocycles. The van der Waals surface area contributed by atoms with Gasteiger partial charge in [-0.3, -0.25) is 4.79 Å². The number of ether oxygens (including phenoxy) is 1. The first kappa shape index (κ1) is 12.0. The van der Waals surface area contributed by atoms with Gasteiger partial charge in [-0.2, -0.15) is 0 Å². The van der Waals surface area contributed by atoms with Gasteiger partial charge in [0.2, 0.25) is 5.91 Å². The monoisotopic (exact) mass is 233 g/mol. The van der Waals surface area contributed by atoms with Gasteiger partial charge in [0.15, 0.2) is 0 Å². The molecule has 0 unspecified atom stereocenters. The van der Waals surface area contributed by atoms with E-state index in [0.29, 0.717) is 6.61 Å². The Bertz CT molecular complexity index is 452. The van der Waals surface area contributed by atoms with E-state index in [1.165, 1.54) is 0 Å². The maximum absolute atomic E-state index is 12.1. The van der Waals surface area contributed by atoms with Crippen molar-refractivity contribution in [3.8, 4) is 5.75 Å². The number of anilines is 1. The van der Waals surface area contributed by atoms with Gasteiger partial charge in [0.1, 0.15) is 5.75 Å². The van der Waals surface area contributed by atoms with Crippen LogP contribution in [0.15, 0.2) is 18.2 Å². The maximum atomic E-state index is 12.1. The Morgan fingerprint density at radius 2 is 2.06 bits per heavy atom. The Morgan fingerprint density at radius 1 is 1.35 bits per heavy atom. The predicted octanol–water partition coefficient (Wildman–Crippen LogP) is 2.73. The fraction of sp³-hybridized carbons (Fsp3) is 0.500. The fourth-order valence-corrected chi connectivity index (χ4v) is 2.26. The number of rotatable bonds is 3. The van der Waals surface area contributed by atoms with E-state index in [1.807, 2.05) is 39.1 Å². The first-order valence-corrected chi connectivity index (χ1v) is 6.04. The number of fused-ring (bicyclic) bond motifs is 1. The lowest BCUT2D eigenvalue weighted by molar-refractivity contribution is -0.121. The van der Waals surface area contributed by atoms with Crippen LogP contribution in [0.4, 0.5) is 5.69 Å². The number of carbonyl (C=O) groups is 1. The molecule has 0 bridgehead atoms. The van der Waals surface area contributed by atoms with Gasteiger partial charge in [-0.1, -0.05) is 6.92 Å². The highest BCUT2D eigenvalue weighted by Gasteiger charge is 2.42. The molecule has 0 saturated carbocycles. The van der Waals surface area contributed by atoms with Crippen molar-refractivity contribution in [3.05, 3.63) is 23.8 Å². The van der Waals surface area contributed by atoms with Crippen molar-refractivity contribution in [1.82, 2.24) is 0 Å². The third-order valence-corrected chi connectivity index (χ3v) is 3.31. The fourth-order valence-electron chi connectivity index (χ4n) is 2.26. The topological polar surface area (TPSA) is 29.5 Å². The summed E-state index contributed by atoms with van der Waals surface area (Å²) in [5, 5.41) is 0. The van der Waals surface area contributed by atoms with Crippen LogP contribution in [0.5, 0.6) is 5.75 Å². The Kier molecular flexibility index (Phi) is 2.86. The molecule has 1 aliphatic heterocycles. The molecule has 1 amide bonds. The second-order valence-corrected chi connectivity index (χ2v) is 5.02. The van der Waals surface area contributed by atoms with E-state index in [1.54, 1.807) is 4.90 Å². The van der Waals surface area contributed by atoms with Gasteiger partial charge in [0.05, 0.1) is 12.0 Å². The van der Waals surface area contributed by atoms with Crippen molar-refractivity contribution >= 4 is 11.6 Å². The molecule has 1 heterocycles. The van der Waals surface area contributed by atoms with Crippen LogP contribution in [0.1, 0.15) is 32.8 Å². The maximum Gasteiger partial charge on any atom is 0.236 e. The zero-order chi connectivity index (χ0) is 12.6. The van der Waals surface area contributed by atoms with Crippen LogP contribution in [0.25, 0.3) is 0 Å². The summed E-state index contributed by atoms with van der Waals surface area (Å²) in [6.07, 6.45) is 0.985. The van der Waals surface area contributed by atoms with E-state index in [-0.39, 0.29) is 5.91 Å². The number of nitrogens with zero attached hydrogens (tertiary/aromatic N) is 1. The molecule has 92 valence electrons. The molecule has 1 aromatic rings. The van der Waals surface area contributed by atoms with Gasteiger partial charge in [0.25, 0.3) is 0 Å². The van der Waals surface area contributed by atoms with Crippen molar-refractivity contribution in [2.45, 2.75) is 32.6 Å². The van der Waals surface area contributed by atoms with E-state index in [2.05, 4.69) is 6.92 Å². The number of amides is 1. The molecule has 2 rings (SSSR count). The summed E-state index contributed by atoms with van der Waals surface area (Å²) in [7, 11) is 1.82. The third kappa shape index (κ3) is 1.79. The lowest BCUT2D eigenvalue weighted by Gasteiger charge is -2.16. The Hall–Kier alpha value is -1.51. The average Bonchev–Trinajstić information content (AvgIpc) is 2.49. The van der Waals surface area contributed by atoms with Crippen LogP contribution in [0.3, 0.4) is 0 Å². The van der Waals surface area contributed by atoms with Crippen LogP contribution >= 0.6 is 0 Å². The van der Waals surface area contributed by atoms with Crippen molar-refractivity contribution < 1.29 is 9.53 Å². The molecule has 0 saturated heterocycles. The van der Waals surface area contributed by atoms with E-state index < -0.39 is 5.41 Å². The summed E-state index contributed by atoms with van der Waals surface area (Å²) in [6.45, 7) is 6.71. The van der Waals surface area contributed by atoms with Crippen LogP contribution in [0.2, 0.25) is 0 Å². The van der Waals surface area contributed by atoms with Gasteiger partial charge < -0.3 is 9.64 Å². The lowest BCUT2D eigenvalue weighted by atomic mass is 9.86. The molecular formula is C14H19NO2. The summed E-state index contributed by atoms with van der Waals surface area (Å²) in [5.74, 6) is 0.988. The van der Waals surface area contributed by atoms with Crippen LogP contribution in [-0.2, 0) is 10.2 Å². The van der Waals surface area contributed by atoms with Gasteiger partial charge in [0, 0.05) is 12.7 Å². The third-order valence-electron chi connectivity index (χ3n) is 3.31. The van der Waals surface area contributed by atoms with Gasteiger partial charge in [-0.15, -0.1) is 0 Å². The van der Waals surface area contributed by atoms with Crippen LogP contribution in [-0.4, -0.2) is 19.6 Å². The Balaban J connectivity index is 2.40. The second-order valence-electron chi connectivity index (χ2n) is 5.02. The number of benzene rings is 1. The lowest BCUT2D eigenvalue weighted by Crippen LogP contribution is -2.33. The summed E-state index contributed by atoms with van der Waals surface area (Å²) in [4.78, 5) is 13.8. The van der Waals surface area contributed by atoms with E-state index in [4.69, 9.17) is 4.74 Å². The smallest absolute Gasteiger partial charge is 0.236 e. The minimum atomic E-state index is -0.449. The highest BCUT2D eigenvalue weighted by molar-refractivity contribution is 6.07. The SMILES string of the molecule is CCCOc1ccc2c(c1)C(C)(C)C(=O)N2C. The Morgan fingerprint density at radius 3 is 2.71 bits per heavy atom.